The van der Waals surface area contributed by atoms with Crippen molar-refractivity contribution in [3.05, 3.63) is 60.2 Å². The molecule has 0 atom stereocenters. The molecule has 0 radical (unpaired) electrons. The second kappa shape index (κ2) is 10.1. The van der Waals surface area contributed by atoms with Crippen molar-refractivity contribution < 1.29 is 13.2 Å². The lowest BCUT2D eigenvalue weighted by molar-refractivity contribution is -0.117. The molecule has 2 N–H and O–H groups in total. The molecule has 4 rings (SSSR count). The number of likely N-dealkylation sites (N-methyl/N-ethyl adjacent to an activating group) is 1. The van der Waals surface area contributed by atoms with Crippen LogP contribution in [0.1, 0.15) is 19.3 Å². The molecule has 0 saturated carbocycles. The zero-order valence-electron chi connectivity index (χ0n) is 19.3. The summed E-state index contributed by atoms with van der Waals surface area (Å²) in [5.41, 5.74) is 3.76. The number of nitrogens with one attached hydrogen (secondary N) is 2. The first-order valence-corrected chi connectivity index (χ1v) is 12.9. The maximum Gasteiger partial charge on any atom is 0.246 e. The highest BCUT2D eigenvalue weighted by molar-refractivity contribution is 7.89. The van der Waals surface area contributed by atoms with E-state index in [1.54, 1.807) is 25.3 Å². The molecular weight excluding hydrogens is 436 g/mol. The Morgan fingerprint density at radius 1 is 0.939 bits per heavy atom. The van der Waals surface area contributed by atoms with Gasteiger partial charge in [-0.2, -0.15) is 4.31 Å². The van der Waals surface area contributed by atoms with Crippen molar-refractivity contribution >= 4 is 21.6 Å². The Balaban J connectivity index is 1.40. The van der Waals surface area contributed by atoms with Crippen LogP contribution in [0.25, 0.3) is 11.1 Å². The molecule has 1 amide bonds. The molecule has 1 fully saturated rings. The van der Waals surface area contributed by atoms with Gasteiger partial charge in [0.05, 0.1) is 4.90 Å². The van der Waals surface area contributed by atoms with Crippen molar-refractivity contribution in [1.82, 2.24) is 14.5 Å². The van der Waals surface area contributed by atoms with E-state index in [-0.39, 0.29) is 17.3 Å². The number of hydrogen-bond acceptors (Lipinski definition) is 5. The fourth-order valence-corrected chi connectivity index (χ4v) is 5.73. The van der Waals surface area contributed by atoms with Crippen molar-refractivity contribution in [1.29, 1.82) is 0 Å². The summed E-state index contributed by atoms with van der Waals surface area (Å²) in [6.45, 7) is 2.75. The predicted molar refractivity (Wildman–Crippen MR) is 132 cm³/mol. The van der Waals surface area contributed by atoms with Crippen molar-refractivity contribution in [2.45, 2.75) is 30.2 Å². The summed E-state index contributed by atoms with van der Waals surface area (Å²) in [5, 5.41) is 6.20. The van der Waals surface area contributed by atoms with Crippen molar-refractivity contribution in [3.8, 4) is 11.1 Å². The number of nitrogens with zero attached hydrogens (tertiary/aromatic N) is 2. The van der Waals surface area contributed by atoms with Crippen molar-refractivity contribution in [2.24, 2.45) is 0 Å². The third-order valence-corrected chi connectivity index (χ3v) is 8.37. The zero-order chi connectivity index (χ0) is 23.4. The molecule has 0 spiro atoms. The standard InChI is InChI=1S/C25H32N4O3S/c1-26-25(30)21-11-17-29(18-12-21)33(31,32)24-9-5-20(6-10-24)19-3-7-22(8-4-19)27-23-13-15-28(2)16-14-23/h3-11,23,27H,12-18H2,1-2H3,(H,26,30). The van der Waals surface area contributed by atoms with Crippen LogP contribution in [-0.2, 0) is 14.8 Å². The Bertz CT molecular complexity index is 1100. The van der Waals surface area contributed by atoms with Gasteiger partial charge in [-0.25, -0.2) is 8.42 Å². The summed E-state index contributed by atoms with van der Waals surface area (Å²) in [5.74, 6) is -0.149. The molecule has 8 heteroatoms. The Morgan fingerprint density at radius 2 is 1.55 bits per heavy atom. The molecule has 0 aliphatic carbocycles. The van der Waals surface area contributed by atoms with E-state index in [1.807, 2.05) is 12.1 Å². The maximum atomic E-state index is 13.0. The van der Waals surface area contributed by atoms with Gasteiger partial charge in [-0.1, -0.05) is 30.3 Å². The second-order valence-corrected chi connectivity index (χ2v) is 10.7. The van der Waals surface area contributed by atoms with Crippen LogP contribution >= 0.6 is 0 Å². The SMILES string of the molecule is CNC(=O)C1=CCN(S(=O)(=O)c2ccc(-c3ccc(NC4CCN(C)CC4)cc3)cc2)CC1. The highest BCUT2D eigenvalue weighted by Crippen LogP contribution is 2.26. The molecule has 0 unspecified atom stereocenters. The molecule has 176 valence electrons. The molecule has 2 aromatic rings. The molecule has 1 saturated heterocycles. The van der Waals surface area contributed by atoms with Gasteiger partial charge >= 0.3 is 0 Å². The highest BCUT2D eigenvalue weighted by atomic mass is 32.2. The Morgan fingerprint density at radius 3 is 2.09 bits per heavy atom. The Hall–Kier alpha value is -2.68. The maximum absolute atomic E-state index is 13.0. The molecule has 2 aromatic carbocycles. The van der Waals surface area contributed by atoms with E-state index in [9.17, 15) is 13.2 Å². The first-order chi connectivity index (χ1) is 15.9. The molecule has 2 aliphatic heterocycles. The normalized spacial score (nSPS) is 18.5. The number of carbonyl (C=O) groups is 1. The van der Waals surface area contributed by atoms with Crippen LogP contribution in [0.3, 0.4) is 0 Å². The first-order valence-electron chi connectivity index (χ1n) is 11.4. The average Bonchev–Trinajstić information content (AvgIpc) is 2.85. The van der Waals surface area contributed by atoms with E-state index in [0.717, 1.165) is 42.7 Å². The van der Waals surface area contributed by atoms with Crippen molar-refractivity contribution in [2.75, 3.05) is 45.6 Å². The number of carbonyl (C=O) groups excluding carboxylic acids is 1. The zero-order valence-corrected chi connectivity index (χ0v) is 20.1. The highest BCUT2D eigenvalue weighted by Gasteiger charge is 2.27. The quantitative estimate of drug-likeness (QED) is 0.681. The number of sulfonamides is 1. The fourth-order valence-electron chi connectivity index (χ4n) is 4.35. The molecule has 2 aliphatic rings. The number of piperidine rings is 1. The smallest absolute Gasteiger partial charge is 0.246 e. The Labute approximate surface area is 196 Å². The number of amides is 1. The van der Waals surface area contributed by atoms with Crippen LogP contribution in [0.15, 0.2) is 65.1 Å². The van der Waals surface area contributed by atoms with Gasteiger partial charge in [0.2, 0.25) is 15.9 Å². The summed E-state index contributed by atoms with van der Waals surface area (Å²) in [6.07, 6.45) is 4.40. The number of likely N-dealkylation sites (tertiary alicyclic amines) is 1. The van der Waals surface area contributed by atoms with Gasteiger partial charge in [0.25, 0.3) is 0 Å². The molecular formula is C25H32N4O3S. The first kappa shape index (κ1) is 23.5. The predicted octanol–water partition coefficient (Wildman–Crippen LogP) is 2.93. The molecule has 0 aromatic heterocycles. The summed E-state index contributed by atoms with van der Waals surface area (Å²) in [7, 11) is 0.138. The van der Waals surface area contributed by atoms with Crippen LogP contribution in [0.5, 0.6) is 0 Å². The monoisotopic (exact) mass is 468 g/mol. The van der Waals surface area contributed by atoms with E-state index in [4.69, 9.17) is 0 Å². The molecule has 7 nitrogen and oxygen atoms in total. The van der Waals surface area contributed by atoms with Crippen LogP contribution in [0.4, 0.5) is 5.69 Å². The van der Waals surface area contributed by atoms with Crippen LogP contribution in [-0.4, -0.2) is 69.8 Å². The average molecular weight is 469 g/mol. The number of benzene rings is 2. The topological polar surface area (TPSA) is 81.8 Å². The fraction of sp³-hybridized carbons (Fsp3) is 0.400. The minimum Gasteiger partial charge on any atom is -0.382 e. The van der Waals surface area contributed by atoms with E-state index in [1.165, 1.54) is 4.31 Å². The van der Waals surface area contributed by atoms with Crippen LogP contribution in [0.2, 0.25) is 0 Å². The third-order valence-electron chi connectivity index (χ3n) is 6.49. The second-order valence-electron chi connectivity index (χ2n) is 8.75. The minimum absolute atomic E-state index is 0.149. The van der Waals surface area contributed by atoms with Crippen molar-refractivity contribution in [3.63, 3.8) is 0 Å². The largest absolute Gasteiger partial charge is 0.382 e. The molecule has 33 heavy (non-hydrogen) atoms. The van der Waals surface area contributed by atoms with Crippen LogP contribution < -0.4 is 10.6 Å². The van der Waals surface area contributed by atoms with E-state index in [0.29, 0.717) is 24.6 Å². The summed E-state index contributed by atoms with van der Waals surface area (Å²) >= 11 is 0. The number of anilines is 1. The van der Waals surface area contributed by atoms with Gasteiger partial charge in [-0.05, 0) is 74.8 Å². The molecule has 0 bridgehead atoms. The van der Waals surface area contributed by atoms with E-state index < -0.39 is 10.0 Å². The van der Waals surface area contributed by atoms with E-state index >= 15 is 0 Å². The third kappa shape index (κ3) is 5.46. The van der Waals surface area contributed by atoms with Gasteiger partial charge in [0.15, 0.2) is 0 Å². The number of hydrogen-bond donors (Lipinski definition) is 2. The van der Waals surface area contributed by atoms with Gasteiger partial charge < -0.3 is 15.5 Å². The van der Waals surface area contributed by atoms with Gasteiger partial charge in [-0.3, -0.25) is 4.79 Å². The van der Waals surface area contributed by atoms with E-state index in [2.05, 4.69) is 46.8 Å². The lowest BCUT2D eigenvalue weighted by Gasteiger charge is -2.30. The Kier molecular flexibility index (Phi) is 7.17. The summed E-state index contributed by atoms with van der Waals surface area (Å²) in [4.78, 5) is 14.4. The van der Waals surface area contributed by atoms with Gasteiger partial charge in [0, 0.05) is 37.4 Å². The summed E-state index contributed by atoms with van der Waals surface area (Å²) in [6, 6.07) is 15.8. The minimum atomic E-state index is -3.60. The van der Waals surface area contributed by atoms with Crippen LogP contribution in [0, 0.1) is 0 Å². The molecule has 2 heterocycles. The van der Waals surface area contributed by atoms with Gasteiger partial charge in [-0.15, -0.1) is 0 Å². The lowest BCUT2D eigenvalue weighted by Crippen LogP contribution is -2.37. The lowest BCUT2D eigenvalue weighted by atomic mass is 10.0. The number of rotatable bonds is 6. The van der Waals surface area contributed by atoms with Gasteiger partial charge in [0.1, 0.15) is 0 Å². The summed E-state index contributed by atoms with van der Waals surface area (Å²) < 4.78 is 27.5.